The molecular formula is C22H19NO3. The third kappa shape index (κ3) is 2.41. The Balaban J connectivity index is 1.53. The molecule has 0 atom stereocenters. The number of allylic oxidation sites excluding steroid dienone is 1. The number of aryl methyl sites for hydroxylation is 1. The van der Waals surface area contributed by atoms with Crippen molar-refractivity contribution in [3.63, 3.8) is 0 Å². The molecule has 3 aromatic rings. The van der Waals surface area contributed by atoms with Crippen molar-refractivity contribution in [2.75, 3.05) is 6.79 Å². The Morgan fingerprint density at radius 3 is 2.81 bits per heavy atom. The molecule has 0 bridgehead atoms. The zero-order chi connectivity index (χ0) is 17.5. The summed E-state index contributed by atoms with van der Waals surface area (Å²) in [5.74, 6) is 1.48. The van der Waals surface area contributed by atoms with E-state index >= 15 is 0 Å². The first-order valence-electron chi connectivity index (χ1n) is 9.04. The van der Waals surface area contributed by atoms with Crippen molar-refractivity contribution in [3.05, 3.63) is 65.4 Å². The van der Waals surface area contributed by atoms with E-state index in [4.69, 9.17) is 9.47 Å². The number of rotatable bonds is 2. The molecule has 0 N–H and O–H groups in total. The van der Waals surface area contributed by atoms with Crippen LogP contribution in [0.3, 0.4) is 0 Å². The Labute approximate surface area is 151 Å². The number of hydrogen-bond donors (Lipinski definition) is 0. The molecule has 0 unspecified atom stereocenters. The van der Waals surface area contributed by atoms with E-state index in [2.05, 4.69) is 12.1 Å². The molecule has 2 aliphatic rings. The van der Waals surface area contributed by atoms with E-state index in [-0.39, 0.29) is 12.7 Å². The maximum atomic E-state index is 13.0. The Kier molecular flexibility index (Phi) is 3.56. The molecule has 2 aromatic carbocycles. The topological polar surface area (TPSA) is 40.5 Å². The van der Waals surface area contributed by atoms with Crippen molar-refractivity contribution >= 4 is 22.9 Å². The van der Waals surface area contributed by atoms with Crippen LogP contribution < -0.4 is 9.47 Å². The standard InChI is InChI=1S/C22H19NO3/c24-22(12-10-15-9-11-20-21(13-15)26-14-25-20)23-18-7-3-1-5-16(18)17-6-2-4-8-19(17)23/h1,3,5,7,9-13H,2,4,6,8,14H2. The maximum Gasteiger partial charge on any atom is 0.255 e. The first-order valence-corrected chi connectivity index (χ1v) is 9.04. The van der Waals surface area contributed by atoms with E-state index in [9.17, 15) is 4.79 Å². The van der Waals surface area contributed by atoms with Crippen LogP contribution >= 0.6 is 0 Å². The minimum absolute atomic E-state index is 0.00187. The fraction of sp³-hybridized carbons (Fsp3) is 0.227. The second kappa shape index (κ2) is 6.06. The number of carbonyl (C=O) groups is 1. The molecule has 0 spiro atoms. The lowest BCUT2D eigenvalue weighted by molar-refractivity contribution is 0.0971. The van der Waals surface area contributed by atoms with Crippen molar-refractivity contribution < 1.29 is 14.3 Å². The largest absolute Gasteiger partial charge is 0.454 e. The van der Waals surface area contributed by atoms with E-state index in [0.29, 0.717) is 0 Å². The van der Waals surface area contributed by atoms with Crippen LogP contribution in [0, 0.1) is 0 Å². The quantitative estimate of drug-likeness (QED) is 0.637. The number of fused-ring (bicyclic) bond motifs is 4. The zero-order valence-electron chi connectivity index (χ0n) is 14.4. The summed E-state index contributed by atoms with van der Waals surface area (Å²) in [7, 11) is 0. The van der Waals surface area contributed by atoms with Gasteiger partial charge in [-0.2, -0.15) is 0 Å². The summed E-state index contributed by atoms with van der Waals surface area (Å²) < 4.78 is 12.6. The van der Waals surface area contributed by atoms with Gasteiger partial charge in [0.15, 0.2) is 11.5 Å². The lowest BCUT2D eigenvalue weighted by atomic mass is 9.95. The molecule has 1 aliphatic heterocycles. The average Bonchev–Trinajstić information content (AvgIpc) is 3.28. The number of benzene rings is 2. The molecule has 0 amide bonds. The van der Waals surface area contributed by atoms with Gasteiger partial charge in [0.1, 0.15) is 0 Å². The SMILES string of the molecule is O=C(C=Cc1ccc2c(c1)OCO2)n1c2c(c3ccccc31)CCCC2. The number of para-hydroxylation sites is 1. The highest BCUT2D eigenvalue weighted by Crippen LogP contribution is 2.34. The van der Waals surface area contributed by atoms with E-state index in [0.717, 1.165) is 41.8 Å². The summed E-state index contributed by atoms with van der Waals surface area (Å²) in [6.45, 7) is 0.253. The van der Waals surface area contributed by atoms with Gasteiger partial charge in [-0.3, -0.25) is 9.36 Å². The molecule has 0 radical (unpaired) electrons. The third-order valence-corrected chi connectivity index (χ3v) is 5.21. The minimum atomic E-state index is 0.00187. The van der Waals surface area contributed by atoms with Crippen LogP contribution in [0.2, 0.25) is 0 Å². The molecule has 0 saturated carbocycles. The van der Waals surface area contributed by atoms with E-state index < -0.39 is 0 Å². The fourth-order valence-electron chi connectivity index (χ4n) is 4.01. The van der Waals surface area contributed by atoms with Gasteiger partial charge in [-0.15, -0.1) is 0 Å². The van der Waals surface area contributed by atoms with Gasteiger partial charge >= 0.3 is 0 Å². The van der Waals surface area contributed by atoms with Crippen molar-refractivity contribution in [1.82, 2.24) is 4.57 Å². The second-order valence-electron chi connectivity index (χ2n) is 6.77. The predicted octanol–water partition coefficient (Wildman–Crippen LogP) is 4.60. The van der Waals surface area contributed by atoms with Crippen molar-refractivity contribution in [1.29, 1.82) is 0 Å². The number of nitrogens with zero attached hydrogens (tertiary/aromatic N) is 1. The van der Waals surface area contributed by atoms with Gasteiger partial charge in [-0.1, -0.05) is 24.3 Å². The summed E-state index contributed by atoms with van der Waals surface area (Å²) in [5, 5.41) is 1.21. The summed E-state index contributed by atoms with van der Waals surface area (Å²) in [6.07, 6.45) is 7.85. The Morgan fingerprint density at radius 1 is 1.00 bits per heavy atom. The molecule has 1 aromatic heterocycles. The van der Waals surface area contributed by atoms with Crippen LogP contribution in [0.1, 0.15) is 34.5 Å². The van der Waals surface area contributed by atoms with Gasteiger partial charge in [-0.05, 0) is 61.1 Å². The molecule has 2 heterocycles. The van der Waals surface area contributed by atoms with Crippen LogP contribution in [0.25, 0.3) is 17.0 Å². The highest BCUT2D eigenvalue weighted by atomic mass is 16.7. The van der Waals surface area contributed by atoms with Gasteiger partial charge in [0.2, 0.25) is 6.79 Å². The molecule has 0 saturated heterocycles. The molecule has 4 nitrogen and oxygen atoms in total. The molecule has 5 rings (SSSR count). The van der Waals surface area contributed by atoms with Crippen LogP contribution in [-0.2, 0) is 12.8 Å². The molecule has 130 valence electrons. The van der Waals surface area contributed by atoms with E-state index in [1.54, 1.807) is 6.08 Å². The molecule has 26 heavy (non-hydrogen) atoms. The normalized spacial score (nSPS) is 15.5. The lowest BCUT2D eigenvalue weighted by Crippen LogP contribution is -2.14. The first-order chi connectivity index (χ1) is 12.8. The molecule has 1 aliphatic carbocycles. The third-order valence-electron chi connectivity index (χ3n) is 5.21. The molecular weight excluding hydrogens is 326 g/mol. The second-order valence-corrected chi connectivity index (χ2v) is 6.77. The minimum Gasteiger partial charge on any atom is -0.454 e. The Bertz CT molecular complexity index is 1040. The number of aromatic nitrogens is 1. The van der Waals surface area contributed by atoms with Gasteiger partial charge < -0.3 is 9.47 Å². The number of carbonyl (C=O) groups excluding carboxylic acids is 1. The highest BCUT2D eigenvalue weighted by Gasteiger charge is 2.22. The molecule has 0 fully saturated rings. The smallest absolute Gasteiger partial charge is 0.255 e. The molecule has 4 heteroatoms. The van der Waals surface area contributed by atoms with Gasteiger partial charge in [-0.25, -0.2) is 0 Å². The van der Waals surface area contributed by atoms with Crippen molar-refractivity contribution in [3.8, 4) is 11.5 Å². The fourth-order valence-corrected chi connectivity index (χ4v) is 4.01. The van der Waals surface area contributed by atoms with Crippen LogP contribution in [0.5, 0.6) is 11.5 Å². The van der Waals surface area contributed by atoms with Crippen LogP contribution in [-0.4, -0.2) is 17.3 Å². The maximum absolute atomic E-state index is 13.0. The van der Waals surface area contributed by atoms with Crippen LogP contribution in [0.4, 0.5) is 0 Å². The van der Waals surface area contributed by atoms with E-state index in [1.807, 2.05) is 41.0 Å². The van der Waals surface area contributed by atoms with Crippen LogP contribution in [0.15, 0.2) is 48.5 Å². The van der Waals surface area contributed by atoms with Gasteiger partial charge in [0.25, 0.3) is 5.91 Å². The predicted molar refractivity (Wildman–Crippen MR) is 101 cm³/mol. The Morgan fingerprint density at radius 2 is 1.85 bits per heavy atom. The van der Waals surface area contributed by atoms with Gasteiger partial charge in [0, 0.05) is 17.2 Å². The summed E-state index contributed by atoms with van der Waals surface area (Å²) in [6, 6.07) is 13.9. The van der Waals surface area contributed by atoms with E-state index in [1.165, 1.54) is 23.1 Å². The van der Waals surface area contributed by atoms with Crippen molar-refractivity contribution in [2.45, 2.75) is 25.7 Å². The first kappa shape index (κ1) is 15.3. The summed E-state index contributed by atoms with van der Waals surface area (Å²) >= 11 is 0. The summed E-state index contributed by atoms with van der Waals surface area (Å²) in [5.41, 5.74) is 4.46. The summed E-state index contributed by atoms with van der Waals surface area (Å²) in [4.78, 5) is 13.0. The highest BCUT2D eigenvalue weighted by molar-refractivity contribution is 6.02. The lowest BCUT2D eigenvalue weighted by Gasteiger charge is -2.14. The number of hydrogen-bond acceptors (Lipinski definition) is 3. The Hall–Kier alpha value is -3.01. The van der Waals surface area contributed by atoms with Gasteiger partial charge in [0.05, 0.1) is 5.52 Å². The number of ether oxygens (including phenoxy) is 2. The zero-order valence-corrected chi connectivity index (χ0v) is 14.4. The monoisotopic (exact) mass is 345 g/mol. The average molecular weight is 345 g/mol. The van der Waals surface area contributed by atoms with Crippen molar-refractivity contribution in [2.24, 2.45) is 0 Å².